The van der Waals surface area contributed by atoms with E-state index in [2.05, 4.69) is 6.92 Å². The van der Waals surface area contributed by atoms with Gasteiger partial charge in [0.25, 0.3) is 0 Å². The summed E-state index contributed by atoms with van der Waals surface area (Å²) in [5, 5.41) is 0. The lowest BCUT2D eigenvalue weighted by molar-refractivity contribution is -0.133. The van der Waals surface area contributed by atoms with E-state index in [4.69, 9.17) is 23.7 Å². The molecule has 0 saturated carbocycles. The van der Waals surface area contributed by atoms with Crippen molar-refractivity contribution in [1.29, 1.82) is 0 Å². The number of hydrogen-bond acceptors (Lipinski definition) is 8. The molecule has 7 nitrogen and oxygen atoms in total. The molecule has 0 unspecified atom stereocenters. The Labute approximate surface area is 228 Å². The van der Waals surface area contributed by atoms with Crippen LogP contribution in [0.5, 0.6) is 28.7 Å². The van der Waals surface area contributed by atoms with Gasteiger partial charge in [0.1, 0.15) is 4.90 Å². The molecule has 0 spiro atoms. The van der Waals surface area contributed by atoms with Crippen molar-refractivity contribution in [3.8, 4) is 28.7 Å². The number of thioether (sulfide) groups is 1. The summed E-state index contributed by atoms with van der Waals surface area (Å²) in [4.78, 5) is 24.2. The van der Waals surface area contributed by atoms with Gasteiger partial charge in [-0.15, -0.1) is 11.8 Å². The first kappa shape index (κ1) is 32.9. The Balaban J connectivity index is 2.60. The molecule has 0 radical (unpaired) electrons. The van der Waals surface area contributed by atoms with Gasteiger partial charge in [-0.3, -0.25) is 9.59 Å². The minimum absolute atomic E-state index is 0.105. The van der Waals surface area contributed by atoms with Gasteiger partial charge in [-0.25, -0.2) is 0 Å². The van der Waals surface area contributed by atoms with Crippen LogP contribution in [-0.2, 0) is 9.59 Å². The van der Waals surface area contributed by atoms with Crippen molar-refractivity contribution in [1.82, 2.24) is 0 Å². The SMILES string of the molecule is CCCCCCCCCCCCCCCCSc1c(OC)c(OC(C)=O)c(OC)c(OC)c1OC(C)=O. The highest BCUT2D eigenvalue weighted by atomic mass is 32.2. The maximum Gasteiger partial charge on any atom is 0.308 e. The summed E-state index contributed by atoms with van der Waals surface area (Å²) in [6, 6.07) is 0. The molecule has 0 amide bonds. The summed E-state index contributed by atoms with van der Waals surface area (Å²) in [6.07, 6.45) is 18.2. The Bertz CT molecular complexity index is 810. The third kappa shape index (κ3) is 12.3. The lowest BCUT2D eigenvalue weighted by Gasteiger charge is -2.21. The molecule has 0 aliphatic heterocycles. The van der Waals surface area contributed by atoms with Crippen molar-refractivity contribution in [3.05, 3.63) is 0 Å². The van der Waals surface area contributed by atoms with E-state index >= 15 is 0 Å². The van der Waals surface area contributed by atoms with Gasteiger partial charge in [0.05, 0.1) is 21.3 Å². The lowest BCUT2D eigenvalue weighted by atomic mass is 10.0. The molecule has 0 aliphatic rings. The minimum Gasteiger partial charge on any atom is -0.491 e. The second-order valence-corrected chi connectivity index (χ2v) is 10.3. The van der Waals surface area contributed by atoms with Gasteiger partial charge in [0.15, 0.2) is 11.5 Å². The van der Waals surface area contributed by atoms with Gasteiger partial charge in [-0.2, -0.15) is 0 Å². The van der Waals surface area contributed by atoms with Crippen LogP contribution < -0.4 is 23.7 Å². The summed E-state index contributed by atoms with van der Waals surface area (Å²) in [5.41, 5.74) is 0. The van der Waals surface area contributed by atoms with Crippen LogP contribution in [0.2, 0.25) is 0 Å². The number of hydrogen-bond donors (Lipinski definition) is 0. The van der Waals surface area contributed by atoms with Gasteiger partial charge in [-0.1, -0.05) is 90.4 Å². The quantitative estimate of drug-likeness (QED) is 0.0669. The third-order valence-electron chi connectivity index (χ3n) is 6.09. The number of benzene rings is 1. The van der Waals surface area contributed by atoms with E-state index < -0.39 is 11.9 Å². The smallest absolute Gasteiger partial charge is 0.308 e. The molecule has 0 aliphatic carbocycles. The number of unbranched alkanes of at least 4 members (excludes halogenated alkanes) is 13. The number of methoxy groups -OCH3 is 3. The summed E-state index contributed by atoms with van der Waals surface area (Å²) in [5.74, 6) is 0.660. The number of carbonyl (C=O) groups is 2. The van der Waals surface area contributed by atoms with Crippen molar-refractivity contribution in [3.63, 3.8) is 0 Å². The average Bonchev–Trinajstić information content (AvgIpc) is 2.86. The van der Waals surface area contributed by atoms with E-state index in [1.165, 1.54) is 124 Å². The van der Waals surface area contributed by atoms with Crippen molar-refractivity contribution >= 4 is 23.7 Å². The minimum atomic E-state index is -0.526. The van der Waals surface area contributed by atoms with Crippen LogP contribution in [0.3, 0.4) is 0 Å². The molecule has 8 heteroatoms. The fourth-order valence-corrected chi connectivity index (χ4v) is 5.37. The maximum atomic E-state index is 11.9. The average molecular weight is 541 g/mol. The first-order valence-corrected chi connectivity index (χ1v) is 14.7. The zero-order valence-corrected chi connectivity index (χ0v) is 24.7. The van der Waals surface area contributed by atoms with E-state index in [1.807, 2.05) is 0 Å². The molecule has 1 aromatic rings. The highest BCUT2D eigenvalue weighted by molar-refractivity contribution is 7.99. The molecule has 0 bridgehead atoms. The topological polar surface area (TPSA) is 80.3 Å². The van der Waals surface area contributed by atoms with Crippen LogP contribution in [0.4, 0.5) is 0 Å². The molecule has 0 aromatic heterocycles. The van der Waals surface area contributed by atoms with Gasteiger partial charge in [0, 0.05) is 13.8 Å². The fraction of sp³-hybridized carbons (Fsp3) is 0.724. The van der Waals surface area contributed by atoms with Crippen LogP contribution in [0.25, 0.3) is 0 Å². The van der Waals surface area contributed by atoms with E-state index in [0.29, 0.717) is 4.90 Å². The maximum absolute atomic E-state index is 11.9. The number of ether oxygens (including phenoxy) is 5. The Kier molecular flexibility index (Phi) is 17.8. The number of rotatable bonds is 21. The molecular weight excluding hydrogens is 492 g/mol. The molecule has 1 rings (SSSR count). The normalized spacial score (nSPS) is 10.8. The van der Waals surface area contributed by atoms with Gasteiger partial charge < -0.3 is 23.7 Å². The van der Waals surface area contributed by atoms with Gasteiger partial charge in [0.2, 0.25) is 17.2 Å². The molecular formula is C29H48O7S. The lowest BCUT2D eigenvalue weighted by Crippen LogP contribution is -2.10. The Morgan fingerprint density at radius 3 is 1.32 bits per heavy atom. The second-order valence-electron chi connectivity index (χ2n) is 9.22. The van der Waals surface area contributed by atoms with Crippen LogP contribution in [-0.4, -0.2) is 39.0 Å². The fourth-order valence-electron chi connectivity index (χ4n) is 4.25. The molecule has 212 valence electrons. The van der Waals surface area contributed by atoms with Crippen molar-refractivity contribution in [2.45, 2.75) is 116 Å². The molecule has 37 heavy (non-hydrogen) atoms. The molecule has 0 fully saturated rings. The Morgan fingerprint density at radius 1 is 0.541 bits per heavy atom. The van der Waals surface area contributed by atoms with Gasteiger partial charge in [-0.05, 0) is 12.2 Å². The molecule has 1 aromatic carbocycles. The molecule has 0 saturated heterocycles. The summed E-state index contributed by atoms with van der Waals surface area (Å²) in [6.45, 7) is 4.88. The first-order valence-electron chi connectivity index (χ1n) is 13.8. The zero-order chi connectivity index (χ0) is 27.5. The predicted octanol–water partition coefficient (Wildman–Crippen LogP) is 8.14. The van der Waals surface area contributed by atoms with E-state index in [0.717, 1.165) is 18.6 Å². The molecule has 0 atom stereocenters. The predicted molar refractivity (Wildman–Crippen MR) is 150 cm³/mol. The number of carbonyl (C=O) groups excluding carboxylic acids is 2. The van der Waals surface area contributed by atoms with Crippen LogP contribution in [0, 0.1) is 0 Å². The second kappa shape index (κ2) is 19.9. The first-order chi connectivity index (χ1) is 17.9. The Hall–Kier alpha value is -2.09. The number of esters is 2. The summed E-state index contributed by atoms with van der Waals surface area (Å²) < 4.78 is 27.4. The van der Waals surface area contributed by atoms with Crippen molar-refractivity contribution in [2.24, 2.45) is 0 Å². The molecule has 0 heterocycles. The zero-order valence-electron chi connectivity index (χ0n) is 23.9. The molecule has 0 N–H and O–H groups in total. The monoisotopic (exact) mass is 540 g/mol. The van der Waals surface area contributed by atoms with Crippen LogP contribution in [0.15, 0.2) is 4.90 Å². The van der Waals surface area contributed by atoms with Gasteiger partial charge >= 0.3 is 11.9 Å². The van der Waals surface area contributed by atoms with Crippen LogP contribution in [0.1, 0.15) is 111 Å². The summed E-state index contributed by atoms with van der Waals surface area (Å²) in [7, 11) is 4.34. The van der Waals surface area contributed by atoms with E-state index in [-0.39, 0.29) is 28.7 Å². The summed E-state index contributed by atoms with van der Waals surface area (Å²) >= 11 is 1.49. The van der Waals surface area contributed by atoms with Crippen LogP contribution >= 0.6 is 11.8 Å². The van der Waals surface area contributed by atoms with E-state index in [1.54, 1.807) is 0 Å². The largest absolute Gasteiger partial charge is 0.491 e. The van der Waals surface area contributed by atoms with Crippen molar-refractivity contribution < 1.29 is 33.3 Å². The van der Waals surface area contributed by atoms with Crippen molar-refractivity contribution in [2.75, 3.05) is 27.1 Å². The Morgan fingerprint density at radius 2 is 0.919 bits per heavy atom. The van der Waals surface area contributed by atoms with E-state index in [9.17, 15) is 9.59 Å². The highest BCUT2D eigenvalue weighted by Crippen LogP contribution is 2.57. The standard InChI is InChI=1S/C29H48O7S/c1-7-8-9-10-11-12-13-14-15-16-17-18-19-20-21-37-29-27(34-6)26(35-22(2)30)24(32-4)25(33-5)28(29)36-23(3)31/h7-21H2,1-6H3. The highest BCUT2D eigenvalue weighted by Gasteiger charge is 2.31. The third-order valence-corrected chi connectivity index (χ3v) is 7.24.